The van der Waals surface area contributed by atoms with Gasteiger partial charge >= 0.3 is 0 Å². The van der Waals surface area contributed by atoms with Crippen LogP contribution in [-0.4, -0.2) is 10.8 Å². The van der Waals surface area contributed by atoms with E-state index >= 15 is 0 Å². The van der Waals surface area contributed by atoms with Crippen molar-refractivity contribution in [1.82, 2.24) is 4.98 Å². The number of carbonyl (C=O) groups is 1. The lowest BCUT2D eigenvalue weighted by Crippen LogP contribution is -2.12. The van der Waals surface area contributed by atoms with Crippen molar-refractivity contribution in [2.45, 2.75) is 33.1 Å². The van der Waals surface area contributed by atoms with E-state index in [1.165, 1.54) is 10.9 Å². The number of aromatic nitrogens is 1. The van der Waals surface area contributed by atoms with E-state index in [-0.39, 0.29) is 11.2 Å². The summed E-state index contributed by atoms with van der Waals surface area (Å²) < 4.78 is 0. The summed E-state index contributed by atoms with van der Waals surface area (Å²) in [6.07, 6.45) is 9.82. The SMILES string of the molecule is CC=CC(C)(C)c1c[nH]c2ccc(C=CC(C)=O)cc12. The Labute approximate surface area is 120 Å². The van der Waals surface area contributed by atoms with Crippen LogP contribution in [0.25, 0.3) is 17.0 Å². The summed E-state index contributed by atoms with van der Waals surface area (Å²) in [5.74, 6) is 0.0636. The first-order valence-corrected chi connectivity index (χ1v) is 6.88. The first-order chi connectivity index (χ1) is 9.44. The Morgan fingerprint density at radius 3 is 2.70 bits per heavy atom. The summed E-state index contributed by atoms with van der Waals surface area (Å²) in [6, 6.07) is 6.21. The van der Waals surface area contributed by atoms with Gasteiger partial charge in [-0.2, -0.15) is 0 Å². The van der Waals surface area contributed by atoms with E-state index in [0.717, 1.165) is 11.1 Å². The van der Waals surface area contributed by atoms with Crippen LogP contribution in [0.15, 0.2) is 42.6 Å². The van der Waals surface area contributed by atoms with Crippen molar-refractivity contribution >= 4 is 22.8 Å². The summed E-state index contributed by atoms with van der Waals surface area (Å²) in [7, 11) is 0. The molecule has 0 atom stereocenters. The molecule has 0 aliphatic heterocycles. The second-order valence-corrected chi connectivity index (χ2v) is 5.67. The summed E-state index contributed by atoms with van der Waals surface area (Å²) in [4.78, 5) is 14.4. The summed E-state index contributed by atoms with van der Waals surface area (Å²) in [5.41, 5.74) is 3.42. The second-order valence-electron chi connectivity index (χ2n) is 5.67. The molecule has 0 radical (unpaired) electrons. The van der Waals surface area contributed by atoms with Gasteiger partial charge in [-0.15, -0.1) is 0 Å². The summed E-state index contributed by atoms with van der Waals surface area (Å²) in [6.45, 7) is 8.00. The van der Waals surface area contributed by atoms with Gasteiger partial charge in [-0.3, -0.25) is 4.79 Å². The minimum absolute atomic E-state index is 0.0179. The molecule has 1 aromatic carbocycles. The normalized spacial score (nSPS) is 12.8. The third-order valence-corrected chi connectivity index (χ3v) is 3.49. The smallest absolute Gasteiger partial charge is 0.152 e. The molecule has 2 aromatic rings. The molecule has 0 fully saturated rings. The molecule has 2 nitrogen and oxygen atoms in total. The van der Waals surface area contributed by atoms with E-state index in [4.69, 9.17) is 0 Å². The maximum atomic E-state index is 11.0. The fourth-order valence-corrected chi connectivity index (χ4v) is 2.50. The van der Waals surface area contributed by atoms with Crippen LogP contribution < -0.4 is 0 Å². The van der Waals surface area contributed by atoms with Gasteiger partial charge in [-0.05, 0) is 43.2 Å². The van der Waals surface area contributed by atoms with Crippen molar-refractivity contribution in [3.05, 3.63) is 53.8 Å². The lowest BCUT2D eigenvalue weighted by molar-refractivity contribution is -0.112. The number of aromatic amines is 1. The van der Waals surface area contributed by atoms with Crippen LogP contribution in [0.2, 0.25) is 0 Å². The van der Waals surface area contributed by atoms with Crippen LogP contribution in [0.4, 0.5) is 0 Å². The van der Waals surface area contributed by atoms with Crippen molar-refractivity contribution in [1.29, 1.82) is 0 Å². The molecule has 0 saturated carbocycles. The third kappa shape index (κ3) is 2.90. The van der Waals surface area contributed by atoms with E-state index in [1.54, 1.807) is 13.0 Å². The highest BCUT2D eigenvalue weighted by Crippen LogP contribution is 2.32. The predicted octanol–water partition coefficient (Wildman–Crippen LogP) is 4.62. The van der Waals surface area contributed by atoms with E-state index in [1.807, 2.05) is 19.1 Å². The van der Waals surface area contributed by atoms with Gasteiger partial charge < -0.3 is 4.98 Å². The molecule has 0 spiro atoms. The molecule has 0 aliphatic carbocycles. The molecular weight excluding hydrogens is 246 g/mol. The fourth-order valence-electron chi connectivity index (χ4n) is 2.50. The molecule has 104 valence electrons. The van der Waals surface area contributed by atoms with Gasteiger partial charge in [-0.1, -0.05) is 38.1 Å². The number of hydrogen-bond acceptors (Lipinski definition) is 1. The van der Waals surface area contributed by atoms with E-state index in [9.17, 15) is 4.79 Å². The van der Waals surface area contributed by atoms with Crippen LogP contribution >= 0.6 is 0 Å². The van der Waals surface area contributed by atoms with Crippen molar-refractivity contribution in [3.8, 4) is 0 Å². The average Bonchev–Trinajstić information content (AvgIpc) is 2.79. The van der Waals surface area contributed by atoms with E-state index in [2.05, 4.69) is 49.3 Å². The van der Waals surface area contributed by atoms with Crippen LogP contribution in [0.5, 0.6) is 0 Å². The van der Waals surface area contributed by atoms with Crippen molar-refractivity contribution in [3.63, 3.8) is 0 Å². The lowest BCUT2D eigenvalue weighted by Gasteiger charge is -2.19. The van der Waals surface area contributed by atoms with Gasteiger partial charge in [0.2, 0.25) is 0 Å². The highest BCUT2D eigenvalue weighted by molar-refractivity contribution is 5.93. The number of fused-ring (bicyclic) bond motifs is 1. The van der Waals surface area contributed by atoms with Gasteiger partial charge in [0.05, 0.1) is 0 Å². The first kappa shape index (κ1) is 14.3. The molecule has 0 unspecified atom stereocenters. The molecule has 0 bridgehead atoms. The van der Waals surface area contributed by atoms with Crippen molar-refractivity contribution in [2.75, 3.05) is 0 Å². The Bertz CT molecular complexity index is 687. The minimum atomic E-state index is -0.0179. The number of H-pyrrole nitrogens is 1. The van der Waals surface area contributed by atoms with Crippen LogP contribution in [-0.2, 0) is 10.2 Å². The standard InChI is InChI=1S/C18H21NO/c1-5-10-18(3,4)16-12-19-17-9-8-14(11-15(16)17)7-6-13(2)20/h5-12,19H,1-4H3. The maximum Gasteiger partial charge on any atom is 0.152 e. The van der Waals surface area contributed by atoms with Gasteiger partial charge in [0.25, 0.3) is 0 Å². The molecular formula is C18H21NO. The average molecular weight is 267 g/mol. The second kappa shape index (κ2) is 5.49. The largest absolute Gasteiger partial charge is 0.361 e. The number of ketones is 1. The van der Waals surface area contributed by atoms with Crippen LogP contribution in [0.3, 0.4) is 0 Å². The molecule has 1 aromatic heterocycles. The fraction of sp³-hybridized carbons (Fsp3) is 0.278. The van der Waals surface area contributed by atoms with Gasteiger partial charge in [0, 0.05) is 22.5 Å². The van der Waals surface area contributed by atoms with Crippen molar-refractivity contribution in [2.24, 2.45) is 0 Å². The Balaban J connectivity index is 2.53. The van der Waals surface area contributed by atoms with E-state index < -0.39 is 0 Å². The van der Waals surface area contributed by atoms with Gasteiger partial charge in [-0.25, -0.2) is 0 Å². The highest BCUT2D eigenvalue weighted by atomic mass is 16.1. The maximum absolute atomic E-state index is 11.0. The van der Waals surface area contributed by atoms with Gasteiger partial charge in [0.1, 0.15) is 0 Å². The number of rotatable bonds is 4. The molecule has 2 rings (SSSR count). The number of allylic oxidation sites excluding steroid dienone is 3. The minimum Gasteiger partial charge on any atom is -0.361 e. The zero-order valence-corrected chi connectivity index (χ0v) is 12.5. The van der Waals surface area contributed by atoms with E-state index in [0.29, 0.717) is 0 Å². The molecule has 20 heavy (non-hydrogen) atoms. The summed E-state index contributed by atoms with van der Waals surface area (Å²) >= 11 is 0. The number of carbonyl (C=O) groups excluding carboxylic acids is 1. The number of benzene rings is 1. The quantitative estimate of drug-likeness (QED) is 0.636. The molecule has 0 saturated heterocycles. The Kier molecular flexibility index (Phi) is 3.93. The molecule has 0 aliphatic rings. The molecule has 1 heterocycles. The lowest BCUT2D eigenvalue weighted by atomic mass is 9.84. The topological polar surface area (TPSA) is 32.9 Å². The Hall–Kier alpha value is -2.09. The van der Waals surface area contributed by atoms with Crippen molar-refractivity contribution < 1.29 is 4.79 Å². The zero-order valence-electron chi connectivity index (χ0n) is 12.5. The van der Waals surface area contributed by atoms with Crippen LogP contribution in [0.1, 0.15) is 38.8 Å². The number of hydrogen-bond donors (Lipinski definition) is 1. The third-order valence-electron chi connectivity index (χ3n) is 3.49. The first-order valence-electron chi connectivity index (χ1n) is 6.88. The molecule has 2 heteroatoms. The Morgan fingerprint density at radius 1 is 1.30 bits per heavy atom. The summed E-state index contributed by atoms with van der Waals surface area (Å²) in [5, 5.41) is 1.21. The Morgan fingerprint density at radius 2 is 2.05 bits per heavy atom. The molecule has 0 amide bonds. The molecule has 1 N–H and O–H groups in total. The monoisotopic (exact) mass is 267 g/mol. The highest BCUT2D eigenvalue weighted by Gasteiger charge is 2.20. The zero-order chi connectivity index (χ0) is 14.8. The number of nitrogens with one attached hydrogen (secondary N) is 1. The van der Waals surface area contributed by atoms with Gasteiger partial charge in [0.15, 0.2) is 5.78 Å². The predicted molar refractivity (Wildman–Crippen MR) is 85.9 cm³/mol. The van der Waals surface area contributed by atoms with Crippen LogP contribution in [0, 0.1) is 0 Å².